The van der Waals surface area contributed by atoms with Gasteiger partial charge in [-0.2, -0.15) is 0 Å². The van der Waals surface area contributed by atoms with Gasteiger partial charge in [0.25, 0.3) is 0 Å². The lowest BCUT2D eigenvalue weighted by molar-refractivity contribution is -0.122. The number of amides is 1. The zero-order valence-electron chi connectivity index (χ0n) is 12.4. The second kappa shape index (κ2) is 6.31. The fraction of sp³-hybridized carbons (Fsp3) is 0.533. The lowest BCUT2D eigenvalue weighted by atomic mass is 10.0. The highest BCUT2D eigenvalue weighted by Gasteiger charge is 2.27. The van der Waals surface area contributed by atoms with Crippen molar-refractivity contribution in [2.24, 2.45) is 11.7 Å². The van der Waals surface area contributed by atoms with E-state index >= 15 is 0 Å². The first-order chi connectivity index (χ1) is 10.7. The van der Waals surface area contributed by atoms with Crippen LogP contribution in [0.4, 0.5) is 0 Å². The standard InChI is InChI=1S/C15H21N5O2/c16-10-11-4-3-5-12(11)17-14(21)7-9-20-15(22)19-8-2-1-6-13(19)18-20/h1-2,6,8,11-12H,3-5,7,9-10,16H2,(H,17,21). The predicted octanol–water partition coefficient (Wildman–Crippen LogP) is 0.130. The maximum absolute atomic E-state index is 12.1. The van der Waals surface area contributed by atoms with Crippen LogP contribution in [0.1, 0.15) is 25.7 Å². The molecule has 0 aromatic carbocycles. The van der Waals surface area contributed by atoms with Crippen LogP contribution < -0.4 is 16.7 Å². The van der Waals surface area contributed by atoms with E-state index in [2.05, 4.69) is 10.4 Å². The third-order valence-electron chi connectivity index (χ3n) is 4.35. The van der Waals surface area contributed by atoms with Crippen molar-refractivity contribution in [1.29, 1.82) is 0 Å². The molecule has 7 nitrogen and oxygen atoms in total. The summed E-state index contributed by atoms with van der Waals surface area (Å²) in [5.41, 5.74) is 6.09. The Hall–Kier alpha value is -2.15. The highest BCUT2D eigenvalue weighted by molar-refractivity contribution is 5.76. The van der Waals surface area contributed by atoms with Crippen molar-refractivity contribution in [3.63, 3.8) is 0 Å². The zero-order valence-corrected chi connectivity index (χ0v) is 12.4. The molecule has 0 aliphatic heterocycles. The molecule has 0 radical (unpaired) electrons. The summed E-state index contributed by atoms with van der Waals surface area (Å²) in [6.45, 7) is 0.892. The van der Waals surface area contributed by atoms with Gasteiger partial charge in [-0.15, -0.1) is 5.10 Å². The fourth-order valence-corrected chi connectivity index (χ4v) is 3.11. The van der Waals surface area contributed by atoms with Crippen LogP contribution in [0.2, 0.25) is 0 Å². The summed E-state index contributed by atoms with van der Waals surface area (Å²) < 4.78 is 2.81. The van der Waals surface area contributed by atoms with Gasteiger partial charge in [-0.1, -0.05) is 12.5 Å². The third kappa shape index (κ3) is 2.89. The molecule has 0 saturated heterocycles. The number of fused-ring (bicyclic) bond motifs is 1. The molecule has 2 heterocycles. The summed E-state index contributed by atoms with van der Waals surface area (Å²) in [7, 11) is 0. The number of pyridine rings is 1. The molecule has 1 saturated carbocycles. The van der Waals surface area contributed by atoms with E-state index in [1.54, 1.807) is 18.3 Å². The number of aryl methyl sites for hydroxylation is 1. The van der Waals surface area contributed by atoms with E-state index < -0.39 is 0 Å². The van der Waals surface area contributed by atoms with Gasteiger partial charge < -0.3 is 11.1 Å². The SMILES string of the molecule is NCC1CCCC1NC(=O)CCn1nc2ccccn2c1=O. The second-order valence-corrected chi connectivity index (χ2v) is 5.79. The van der Waals surface area contributed by atoms with Crippen molar-refractivity contribution < 1.29 is 4.79 Å². The van der Waals surface area contributed by atoms with Gasteiger partial charge in [-0.3, -0.25) is 9.20 Å². The highest BCUT2D eigenvalue weighted by Crippen LogP contribution is 2.24. The Morgan fingerprint density at radius 1 is 1.41 bits per heavy atom. The van der Waals surface area contributed by atoms with Crippen molar-refractivity contribution in [2.75, 3.05) is 6.54 Å². The first-order valence-corrected chi connectivity index (χ1v) is 7.72. The van der Waals surface area contributed by atoms with Gasteiger partial charge in [0.1, 0.15) is 0 Å². The number of nitrogens with two attached hydrogens (primary N) is 1. The Kier molecular flexibility index (Phi) is 4.24. The smallest absolute Gasteiger partial charge is 0.350 e. The molecule has 2 aromatic heterocycles. The molecule has 22 heavy (non-hydrogen) atoms. The molecule has 3 rings (SSSR count). The molecule has 1 aliphatic rings. The van der Waals surface area contributed by atoms with Crippen LogP contribution in [0.3, 0.4) is 0 Å². The lowest BCUT2D eigenvalue weighted by Crippen LogP contribution is -2.40. The number of hydrogen-bond donors (Lipinski definition) is 2. The number of carbonyl (C=O) groups is 1. The summed E-state index contributed by atoms with van der Waals surface area (Å²) in [5.74, 6) is 0.330. The second-order valence-electron chi connectivity index (χ2n) is 5.79. The molecule has 2 aromatic rings. The van der Waals surface area contributed by atoms with Gasteiger partial charge in [-0.25, -0.2) is 9.48 Å². The van der Waals surface area contributed by atoms with Crippen LogP contribution in [0.5, 0.6) is 0 Å². The van der Waals surface area contributed by atoms with Crippen molar-refractivity contribution in [2.45, 2.75) is 38.3 Å². The van der Waals surface area contributed by atoms with E-state index in [1.165, 1.54) is 9.08 Å². The zero-order chi connectivity index (χ0) is 15.5. The van der Waals surface area contributed by atoms with E-state index in [-0.39, 0.29) is 30.6 Å². The first-order valence-electron chi connectivity index (χ1n) is 7.72. The van der Waals surface area contributed by atoms with Crippen molar-refractivity contribution in [1.82, 2.24) is 19.5 Å². The van der Waals surface area contributed by atoms with Crippen molar-refractivity contribution in [3.05, 3.63) is 34.9 Å². The number of hydrogen-bond acceptors (Lipinski definition) is 4. The van der Waals surface area contributed by atoms with Gasteiger partial charge in [0.2, 0.25) is 5.91 Å². The number of rotatable bonds is 5. The van der Waals surface area contributed by atoms with Crippen LogP contribution in [0.25, 0.3) is 5.65 Å². The number of carbonyl (C=O) groups excluding carboxylic acids is 1. The molecule has 118 valence electrons. The molecule has 1 amide bonds. The van der Waals surface area contributed by atoms with E-state index in [0.717, 1.165) is 19.3 Å². The fourth-order valence-electron chi connectivity index (χ4n) is 3.11. The summed E-state index contributed by atoms with van der Waals surface area (Å²) in [6.07, 6.45) is 5.09. The quantitative estimate of drug-likeness (QED) is 0.821. The van der Waals surface area contributed by atoms with Crippen LogP contribution in [0, 0.1) is 5.92 Å². The number of nitrogens with zero attached hydrogens (tertiary/aromatic N) is 3. The molecular weight excluding hydrogens is 282 g/mol. The summed E-state index contributed by atoms with van der Waals surface area (Å²) in [5, 5.41) is 7.25. The topological polar surface area (TPSA) is 94.4 Å². The third-order valence-corrected chi connectivity index (χ3v) is 4.35. The normalized spacial score (nSPS) is 21.3. The van der Waals surface area contributed by atoms with Crippen LogP contribution in [0.15, 0.2) is 29.2 Å². The number of nitrogens with one attached hydrogen (secondary N) is 1. The van der Waals surface area contributed by atoms with E-state index in [1.807, 2.05) is 6.07 Å². The van der Waals surface area contributed by atoms with E-state index in [9.17, 15) is 9.59 Å². The maximum Gasteiger partial charge on any atom is 0.350 e. The van der Waals surface area contributed by atoms with Crippen molar-refractivity contribution >= 4 is 11.6 Å². The maximum atomic E-state index is 12.1. The van der Waals surface area contributed by atoms with E-state index in [4.69, 9.17) is 5.73 Å². The van der Waals surface area contributed by atoms with Gasteiger partial charge >= 0.3 is 5.69 Å². The minimum absolute atomic E-state index is 0.0469. The molecule has 0 spiro atoms. The Balaban J connectivity index is 1.60. The molecule has 1 aliphatic carbocycles. The average Bonchev–Trinajstić information content (AvgIpc) is 3.10. The van der Waals surface area contributed by atoms with Gasteiger partial charge in [-0.05, 0) is 37.4 Å². The predicted molar refractivity (Wildman–Crippen MR) is 82.4 cm³/mol. The summed E-state index contributed by atoms with van der Waals surface area (Å²) >= 11 is 0. The molecule has 1 fully saturated rings. The molecule has 2 atom stereocenters. The minimum Gasteiger partial charge on any atom is -0.353 e. The molecule has 2 unspecified atom stereocenters. The van der Waals surface area contributed by atoms with E-state index in [0.29, 0.717) is 18.1 Å². The number of aromatic nitrogens is 3. The van der Waals surface area contributed by atoms with Crippen LogP contribution >= 0.6 is 0 Å². The average molecular weight is 303 g/mol. The van der Waals surface area contributed by atoms with Crippen LogP contribution in [-0.2, 0) is 11.3 Å². The lowest BCUT2D eigenvalue weighted by Gasteiger charge is -2.19. The monoisotopic (exact) mass is 303 g/mol. The van der Waals surface area contributed by atoms with Gasteiger partial charge in [0.05, 0.1) is 6.54 Å². The summed E-state index contributed by atoms with van der Waals surface area (Å²) in [4.78, 5) is 24.2. The summed E-state index contributed by atoms with van der Waals surface area (Å²) in [6, 6.07) is 5.55. The van der Waals surface area contributed by atoms with Crippen LogP contribution in [-0.4, -0.2) is 32.7 Å². The van der Waals surface area contributed by atoms with Gasteiger partial charge in [0.15, 0.2) is 5.65 Å². The molecule has 0 bridgehead atoms. The Labute approximate surface area is 128 Å². The minimum atomic E-state index is -0.218. The molecular formula is C15H21N5O2. The van der Waals surface area contributed by atoms with Gasteiger partial charge in [0, 0.05) is 18.7 Å². The Morgan fingerprint density at radius 2 is 2.27 bits per heavy atom. The van der Waals surface area contributed by atoms with Crippen molar-refractivity contribution in [3.8, 4) is 0 Å². The largest absolute Gasteiger partial charge is 0.353 e. The first kappa shape index (κ1) is 14.8. The highest BCUT2D eigenvalue weighted by atomic mass is 16.2. The molecule has 3 N–H and O–H groups in total. The Bertz CT molecular complexity index is 720. The molecule has 7 heteroatoms. The Morgan fingerprint density at radius 3 is 3.05 bits per heavy atom.